The molecule has 32 heavy (non-hydrogen) atoms. The lowest BCUT2D eigenvalue weighted by Gasteiger charge is -2.56. The Morgan fingerprint density at radius 2 is 1.88 bits per heavy atom. The monoisotopic (exact) mass is 456 g/mol. The lowest BCUT2D eigenvalue weighted by Crippen LogP contribution is -2.58. The molecule has 3 saturated carbocycles. The molecule has 1 amide bonds. The third-order valence-electron chi connectivity index (χ3n) is 6.49. The van der Waals surface area contributed by atoms with Crippen molar-refractivity contribution in [2.24, 2.45) is 5.41 Å². The highest BCUT2D eigenvalue weighted by atomic mass is 32.1. The van der Waals surface area contributed by atoms with E-state index in [-0.39, 0.29) is 36.2 Å². The van der Waals surface area contributed by atoms with Crippen LogP contribution in [0.1, 0.15) is 71.6 Å². The van der Waals surface area contributed by atoms with Crippen LogP contribution in [0.3, 0.4) is 0 Å². The highest BCUT2D eigenvalue weighted by molar-refractivity contribution is 7.14. The van der Waals surface area contributed by atoms with Crippen LogP contribution in [-0.2, 0) is 16.1 Å². The van der Waals surface area contributed by atoms with E-state index in [4.69, 9.17) is 14.2 Å². The third kappa shape index (κ3) is 4.60. The number of ether oxygens (including phenoxy) is 3. The van der Waals surface area contributed by atoms with Crippen molar-refractivity contribution in [3.05, 3.63) is 45.8 Å². The van der Waals surface area contributed by atoms with Crippen molar-refractivity contribution in [3.8, 4) is 5.88 Å². The smallest absolute Gasteiger partial charge is 0.407 e. The lowest BCUT2D eigenvalue weighted by atomic mass is 9.53. The molecule has 0 aliphatic heterocycles. The van der Waals surface area contributed by atoms with E-state index in [1.807, 2.05) is 30.3 Å². The van der Waals surface area contributed by atoms with Gasteiger partial charge in [0.25, 0.3) is 0 Å². The molecule has 1 aromatic carbocycles. The highest BCUT2D eigenvalue weighted by Gasteiger charge is 2.54. The van der Waals surface area contributed by atoms with Crippen LogP contribution >= 0.6 is 11.3 Å². The largest absolute Gasteiger partial charge is 0.473 e. The molecule has 0 saturated heterocycles. The maximum atomic E-state index is 12.3. The van der Waals surface area contributed by atoms with Gasteiger partial charge < -0.3 is 19.5 Å². The zero-order valence-corrected chi connectivity index (χ0v) is 19.0. The third-order valence-corrected chi connectivity index (χ3v) is 7.67. The van der Waals surface area contributed by atoms with Gasteiger partial charge in [-0.25, -0.2) is 14.6 Å². The molecule has 170 valence electrons. The summed E-state index contributed by atoms with van der Waals surface area (Å²) in [4.78, 5) is 29.5. The first-order valence-corrected chi connectivity index (χ1v) is 12.2. The Morgan fingerprint density at radius 3 is 2.56 bits per heavy atom. The number of nitrogens with zero attached hydrogens (tertiary/aromatic N) is 1. The van der Waals surface area contributed by atoms with Crippen LogP contribution in [-0.4, -0.2) is 35.8 Å². The summed E-state index contributed by atoms with van der Waals surface area (Å²) in [6.45, 7) is 2.42. The first kappa shape index (κ1) is 21.2. The van der Waals surface area contributed by atoms with Gasteiger partial charge in [-0.3, -0.25) is 0 Å². The molecule has 8 heteroatoms. The second kappa shape index (κ2) is 8.73. The summed E-state index contributed by atoms with van der Waals surface area (Å²) in [5, 5.41) is 3.95. The number of alkyl carbamates (subject to hydrolysis) is 1. The molecule has 2 aromatic rings. The van der Waals surface area contributed by atoms with E-state index in [2.05, 4.69) is 10.3 Å². The van der Waals surface area contributed by atoms with Gasteiger partial charge in [0, 0.05) is 12.0 Å². The van der Waals surface area contributed by atoms with E-state index in [0.717, 1.165) is 49.1 Å². The molecule has 3 aliphatic carbocycles. The second-order valence-electron chi connectivity index (χ2n) is 9.14. The number of rotatable bonds is 8. The normalized spacial score (nSPS) is 26.0. The summed E-state index contributed by atoms with van der Waals surface area (Å²) >= 11 is 1.41. The van der Waals surface area contributed by atoms with Gasteiger partial charge in [-0.1, -0.05) is 30.3 Å². The molecule has 1 N–H and O–H groups in total. The fourth-order valence-electron chi connectivity index (χ4n) is 4.73. The van der Waals surface area contributed by atoms with Crippen molar-refractivity contribution in [3.63, 3.8) is 0 Å². The van der Waals surface area contributed by atoms with Crippen LogP contribution in [0.4, 0.5) is 4.79 Å². The van der Waals surface area contributed by atoms with Gasteiger partial charge in [0.1, 0.15) is 17.7 Å². The van der Waals surface area contributed by atoms with Crippen LogP contribution < -0.4 is 10.1 Å². The summed E-state index contributed by atoms with van der Waals surface area (Å²) in [5.41, 5.74) is 1.20. The minimum absolute atomic E-state index is 0.0586. The molecule has 5 rings (SSSR count). The van der Waals surface area contributed by atoms with Crippen molar-refractivity contribution in [2.45, 2.75) is 70.1 Å². The number of carbonyl (C=O) groups is 2. The van der Waals surface area contributed by atoms with E-state index in [9.17, 15) is 9.59 Å². The van der Waals surface area contributed by atoms with Crippen molar-refractivity contribution < 1.29 is 23.8 Å². The van der Waals surface area contributed by atoms with E-state index >= 15 is 0 Å². The van der Waals surface area contributed by atoms with E-state index in [0.29, 0.717) is 23.3 Å². The zero-order valence-electron chi connectivity index (χ0n) is 18.2. The minimum atomic E-state index is -0.366. The molecule has 3 aliphatic rings. The number of carbonyl (C=O) groups excluding carboxylic acids is 2. The molecule has 0 atom stereocenters. The molecule has 1 aromatic heterocycles. The lowest BCUT2D eigenvalue weighted by molar-refractivity contribution is -0.0856. The number of hydrogen-bond acceptors (Lipinski definition) is 7. The molecule has 3 fully saturated rings. The molecular weight excluding hydrogens is 428 g/mol. The number of thiazole rings is 1. The maximum absolute atomic E-state index is 12.3. The maximum Gasteiger partial charge on any atom is 0.407 e. The Hall–Kier alpha value is -2.61. The Morgan fingerprint density at radius 1 is 1.12 bits per heavy atom. The van der Waals surface area contributed by atoms with Gasteiger partial charge in [0.05, 0.1) is 6.61 Å². The van der Waals surface area contributed by atoms with Gasteiger partial charge in [-0.2, -0.15) is 0 Å². The van der Waals surface area contributed by atoms with E-state index in [1.165, 1.54) is 11.3 Å². The molecule has 0 unspecified atom stereocenters. The van der Waals surface area contributed by atoms with Gasteiger partial charge in [-0.05, 0) is 56.4 Å². The van der Waals surface area contributed by atoms with Gasteiger partial charge >= 0.3 is 12.1 Å². The Kier molecular flexibility index (Phi) is 5.80. The van der Waals surface area contributed by atoms with Crippen molar-refractivity contribution in [2.75, 3.05) is 6.61 Å². The number of hydrogen-bond donors (Lipinski definition) is 1. The molecule has 1 spiro atoms. The Balaban J connectivity index is 1.07. The van der Waals surface area contributed by atoms with Crippen LogP contribution in [0, 0.1) is 5.41 Å². The number of nitrogens with one attached hydrogen (secondary N) is 1. The first-order chi connectivity index (χ1) is 15.5. The van der Waals surface area contributed by atoms with Gasteiger partial charge in [-0.15, -0.1) is 11.3 Å². The predicted octanol–water partition coefficient (Wildman–Crippen LogP) is 4.81. The van der Waals surface area contributed by atoms with E-state index in [1.54, 1.807) is 6.92 Å². The molecule has 0 bridgehead atoms. The summed E-state index contributed by atoms with van der Waals surface area (Å²) in [6.07, 6.45) is 5.66. The molecule has 0 radical (unpaired) electrons. The van der Waals surface area contributed by atoms with Crippen molar-refractivity contribution in [1.82, 2.24) is 10.3 Å². The zero-order chi connectivity index (χ0) is 22.1. The van der Waals surface area contributed by atoms with Crippen LogP contribution in [0.5, 0.6) is 5.88 Å². The number of aromatic nitrogens is 1. The number of amides is 1. The molecular formula is C24H28N2O5S. The Bertz CT molecular complexity index is 974. The van der Waals surface area contributed by atoms with Crippen molar-refractivity contribution >= 4 is 23.4 Å². The standard InChI is InChI=1S/C24H28N2O5S/c1-2-29-22(27)19-20(26-21(32-19)16-8-9-16)31-18-12-24(13-18)10-17(11-24)25-23(28)30-14-15-6-4-3-5-7-15/h3-7,16-18H,2,8-14H2,1H3,(H,25,28). The molecule has 1 heterocycles. The summed E-state index contributed by atoms with van der Waals surface area (Å²) in [7, 11) is 0. The quantitative estimate of drug-likeness (QED) is 0.574. The first-order valence-electron chi connectivity index (χ1n) is 11.4. The topological polar surface area (TPSA) is 86.8 Å². The average molecular weight is 457 g/mol. The summed E-state index contributed by atoms with van der Waals surface area (Å²) in [5.74, 6) is 0.565. The number of esters is 1. The van der Waals surface area contributed by atoms with Crippen molar-refractivity contribution in [1.29, 1.82) is 0 Å². The summed E-state index contributed by atoms with van der Waals surface area (Å²) < 4.78 is 16.6. The Labute approximate surface area is 191 Å². The van der Waals surface area contributed by atoms with Gasteiger partial charge in [0.2, 0.25) is 5.88 Å². The van der Waals surface area contributed by atoms with Gasteiger partial charge in [0.15, 0.2) is 4.88 Å². The van der Waals surface area contributed by atoms with E-state index < -0.39 is 0 Å². The summed E-state index contributed by atoms with van der Waals surface area (Å²) in [6, 6.07) is 9.80. The fourth-order valence-corrected chi connectivity index (χ4v) is 5.80. The van der Waals surface area contributed by atoms with Crippen LogP contribution in [0.15, 0.2) is 30.3 Å². The van der Waals surface area contributed by atoms with Crippen LogP contribution in [0.2, 0.25) is 0 Å². The average Bonchev–Trinajstić information content (AvgIpc) is 3.50. The highest BCUT2D eigenvalue weighted by Crippen LogP contribution is 2.57. The SMILES string of the molecule is CCOC(=O)c1sc(C2CC2)nc1OC1CC2(CC(NC(=O)OCc3ccccc3)C2)C1. The predicted molar refractivity (Wildman–Crippen MR) is 119 cm³/mol. The second-order valence-corrected chi connectivity index (χ2v) is 10.2. The number of benzene rings is 1. The van der Waals surface area contributed by atoms with Crippen LogP contribution in [0.25, 0.3) is 0 Å². The fraction of sp³-hybridized carbons (Fsp3) is 0.542. The molecule has 7 nitrogen and oxygen atoms in total. The minimum Gasteiger partial charge on any atom is -0.473 e.